The van der Waals surface area contributed by atoms with Crippen molar-refractivity contribution < 1.29 is 9.47 Å². The van der Waals surface area contributed by atoms with Crippen molar-refractivity contribution in [3.8, 4) is 17.6 Å². The van der Waals surface area contributed by atoms with Crippen LogP contribution < -0.4 is 15.0 Å². The Morgan fingerprint density at radius 1 is 1.14 bits per heavy atom. The van der Waals surface area contributed by atoms with Crippen molar-refractivity contribution in [3.05, 3.63) is 50.4 Å². The summed E-state index contributed by atoms with van der Waals surface area (Å²) in [5.74, 6) is 1.53. The number of hydrogen-bond donors (Lipinski definition) is 0. The Hall–Kier alpha value is -2.85. The summed E-state index contributed by atoms with van der Waals surface area (Å²) in [6.07, 6.45) is 0.854. The van der Waals surface area contributed by atoms with Gasteiger partial charge in [0.15, 0.2) is 11.5 Å². The van der Waals surface area contributed by atoms with Gasteiger partial charge in [0.25, 0.3) is 5.56 Å². The number of hydrogen-bond acceptors (Lipinski definition) is 6. The molecule has 0 N–H and O–H groups in total. The summed E-state index contributed by atoms with van der Waals surface area (Å²) in [5, 5.41) is 13.7. The summed E-state index contributed by atoms with van der Waals surface area (Å²) in [5.41, 5.74) is 3.59. The second-order valence-electron chi connectivity index (χ2n) is 6.88. The number of nitriles is 1. The standard InChI is InChI=1S/C21H26N4O3/c1-5-27-19-9-16-7-8-24(12-17(16)10-20(19)28-6-2)13-25-21(26)18(11-22)14(3)15(4)23-25/h9-10H,5-8,12-13H2,1-4H3. The van der Waals surface area contributed by atoms with Gasteiger partial charge < -0.3 is 9.47 Å². The first-order valence-electron chi connectivity index (χ1n) is 9.60. The lowest BCUT2D eigenvalue weighted by Crippen LogP contribution is -2.38. The van der Waals surface area contributed by atoms with E-state index in [9.17, 15) is 10.1 Å². The summed E-state index contributed by atoms with van der Waals surface area (Å²) in [7, 11) is 0. The maximum atomic E-state index is 12.6. The summed E-state index contributed by atoms with van der Waals surface area (Å²) >= 11 is 0. The molecule has 0 aliphatic carbocycles. The van der Waals surface area contributed by atoms with E-state index < -0.39 is 0 Å². The quantitative estimate of drug-likeness (QED) is 0.764. The van der Waals surface area contributed by atoms with Crippen LogP contribution in [0.3, 0.4) is 0 Å². The number of nitrogens with zero attached hydrogens (tertiary/aromatic N) is 4. The number of rotatable bonds is 6. The van der Waals surface area contributed by atoms with Crippen LogP contribution >= 0.6 is 0 Å². The zero-order chi connectivity index (χ0) is 20.3. The highest BCUT2D eigenvalue weighted by atomic mass is 16.5. The van der Waals surface area contributed by atoms with Crippen molar-refractivity contribution in [2.45, 2.75) is 47.3 Å². The van der Waals surface area contributed by atoms with Gasteiger partial charge in [-0.3, -0.25) is 9.69 Å². The van der Waals surface area contributed by atoms with Crippen LogP contribution in [0.5, 0.6) is 11.5 Å². The molecule has 0 saturated carbocycles. The Balaban J connectivity index is 1.86. The number of benzene rings is 1. The van der Waals surface area contributed by atoms with Crippen molar-refractivity contribution in [3.63, 3.8) is 0 Å². The Morgan fingerprint density at radius 3 is 2.39 bits per heavy atom. The van der Waals surface area contributed by atoms with Crippen LogP contribution in [0.4, 0.5) is 0 Å². The number of fused-ring (bicyclic) bond motifs is 1. The van der Waals surface area contributed by atoms with E-state index in [0.29, 0.717) is 37.7 Å². The summed E-state index contributed by atoms with van der Waals surface area (Å²) in [6, 6.07) is 6.11. The second-order valence-corrected chi connectivity index (χ2v) is 6.88. The lowest BCUT2D eigenvalue weighted by Gasteiger charge is -2.29. The zero-order valence-electron chi connectivity index (χ0n) is 16.9. The van der Waals surface area contributed by atoms with E-state index in [0.717, 1.165) is 30.0 Å². The van der Waals surface area contributed by atoms with Crippen molar-refractivity contribution in [1.82, 2.24) is 14.7 Å². The Labute approximate surface area is 165 Å². The fourth-order valence-corrected chi connectivity index (χ4v) is 3.47. The van der Waals surface area contributed by atoms with Crippen LogP contribution in [0, 0.1) is 25.2 Å². The van der Waals surface area contributed by atoms with Gasteiger partial charge in [0, 0.05) is 13.1 Å². The van der Waals surface area contributed by atoms with E-state index in [1.807, 2.05) is 32.9 Å². The van der Waals surface area contributed by atoms with Gasteiger partial charge in [0.05, 0.1) is 25.6 Å². The molecule has 28 heavy (non-hydrogen) atoms. The van der Waals surface area contributed by atoms with Crippen molar-refractivity contribution >= 4 is 0 Å². The molecule has 0 bridgehead atoms. The molecular weight excluding hydrogens is 356 g/mol. The fourth-order valence-electron chi connectivity index (χ4n) is 3.47. The minimum atomic E-state index is -0.335. The Kier molecular flexibility index (Phi) is 6.00. The molecule has 1 aliphatic rings. The maximum absolute atomic E-state index is 12.6. The van der Waals surface area contributed by atoms with Crippen LogP contribution in [0.1, 0.15) is 41.8 Å². The van der Waals surface area contributed by atoms with Gasteiger partial charge in [0.1, 0.15) is 11.6 Å². The maximum Gasteiger partial charge on any atom is 0.286 e. The first-order chi connectivity index (χ1) is 13.5. The number of aryl methyl sites for hydroxylation is 1. The first kappa shape index (κ1) is 19.9. The van der Waals surface area contributed by atoms with E-state index in [4.69, 9.17) is 9.47 Å². The van der Waals surface area contributed by atoms with Gasteiger partial charge >= 0.3 is 0 Å². The monoisotopic (exact) mass is 382 g/mol. The predicted molar refractivity (Wildman–Crippen MR) is 106 cm³/mol. The average Bonchev–Trinajstić information content (AvgIpc) is 2.67. The predicted octanol–water partition coefficient (Wildman–Crippen LogP) is 2.55. The molecule has 148 valence electrons. The third-order valence-electron chi connectivity index (χ3n) is 5.04. The minimum absolute atomic E-state index is 0.171. The molecule has 0 saturated heterocycles. The summed E-state index contributed by atoms with van der Waals surface area (Å²) in [4.78, 5) is 14.7. The third-order valence-corrected chi connectivity index (χ3v) is 5.04. The molecule has 1 aliphatic heterocycles. The fraction of sp³-hybridized carbons (Fsp3) is 0.476. The summed E-state index contributed by atoms with van der Waals surface area (Å²) < 4.78 is 12.9. The lowest BCUT2D eigenvalue weighted by atomic mass is 9.99. The molecule has 0 fully saturated rings. The normalized spacial score (nSPS) is 13.7. The van der Waals surface area contributed by atoms with Crippen molar-refractivity contribution in [2.75, 3.05) is 19.8 Å². The average molecular weight is 382 g/mol. The van der Waals surface area contributed by atoms with Gasteiger partial charge in [-0.15, -0.1) is 0 Å². The molecule has 1 aromatic carbocycles. The molecule has 0 unspecified atom stereocenters. The van der Waals surface area contributed by atoms with E-state index in [-0.39, 0.29) is 11.1 Å². The van der Waals surface area contributed by atoms with Gasteiger partial charge in [-0.25, -0.2) is 4.68 Å². The first-order valence-corrected chi connectivity index (χ1v) is 9.60. The van der Waals surface area contributed by atoms with E-state index >= 15 is 0 Å². The van der Waals surface area contributed by atoms with Crippen molar-refractivity contribution in [1.29, 1.82) is 5.26 Å². The van der Waals surface area contributed by atoms with Crippen LogP contribution in [0.2, 0.25) is 0 Å². The molecule has 3 rings (SSSR count). The second kappa shape index (κ2) is 8.44. The minimum Gasteiger partial charge on any atom is -0.490 e. The van der Waals surface area contributed by atoms with Crippen LogP contribution in [-0.2, 0) is 19.6 Å². The molecule has 2 heterocycles. The molecule has 0 atom stereocenters. The van der Waals surface area contributed by atoms with E-state index in [2.05, 4.69) is 16.1 Å². The number of aromatic nitrogens is 2. The molecule has 7 heteroatoms. The highest BCUT2D eigenvalue weighted by Gasteiger charge is 2.21. The summed E-state index contributed by atoms with van der Waals surface area (Å²) in [6.45, 7) is 10.5. The molecule has 1 aromatic heterocycles. The SMILES string of the molecule is CCOc1cc2c(cc1OCC)CN(Cn1nc(C)c(C)c(C#N)c1=O)CC2. The molecule has 7 nitrogen and oxygen atoms in total. The van der Waals surface area contributed by atoms with Gasteiger partial charge in [-0.05, 0) is 62.9 Å². The third kappa shape index (κ3) is 3.87. The molecule has 0 amide bonds. The van der Waals surface area contributed by atoms with Crippen molar-refractivity contribution in [2.24, 2.45) is 0 Å². The van der Waals surface area contributed by atoms with Gasteiger partial charge in [0.2, 0.25) is 0 Å². The van der Waals surface area contributed by atoms with Crippen LogP contribution in [-0.4, -0.2) is 34.4 Å². The van der Waals surface area contributed by atoms with Crippen LogP contribution in [0.25, 0.3) is 0 Å². The van der Waals surface area contributed by atoms with E-state index in [1.165, 1.54) is 10.2 Å². The number of ether oxygens (including phenoxy) is 2. The lowest BCUT2D eigenvalue weighted by molar-refractivity contribution is 0.183. The zero-order valence-corrected chi connectivity index (χ0v) is 16.9. The highest BCUT2D eigenvalue weighted by Crippen LogP contribution is 2.34. The molecular formula is C21H26N4O3. The Bertz CT molecular complexity index is 975. The van der Waals surface area contributed by atoms with Gasteiger partial charge in [-0.1, -0.05) is 0 Å². The molecule has 2 aromatic rings. The van der Waals surface area contributed by atoms with Crippen LogP contribution in [0.15, 0.2) is 16.9 Å². The molecule has 0 spiro atoms. The molecule has 0 radical (unpaired) electrons. The Morgan fingerprint density at radius 2 is 1.79 bits per heavy atom. The highest BCUT2D eigenvalue weighted by molar-refractivity contribution is 5.48. The largest absolute Gasteiger partial charge is 0.490 e. The smallest absolute Gasteiger partial charge is 0.286 e. The van der Waals surface area contributed by atoms with Gasteiger partial charge in [-0.2, -0.15) is 10.4 Å². The topological polar surface area (TPSA) is 80.4 Å². The van der Waals surface area contributed by atoms with E-state index in [1.54, 1.807) is 6.92 Å².